The minimum absolute atomic E-state index is 0.0329. The lowest BCUT2D eigenvalue weighted by Gasteiger charge is -2.06. The molecular weight excluding hydrogens is 308 g/mol. The predicted octanol–water partition coefficient (Wildman–Crippen LogP) is 3.08. The van der Waals surface area contributed by atoms with Gasteiger partial charge in [-0.3, -0.25) is 4.79 Å². The lowest BCUT2D eigenvalue weighted by molar-refractivity contribution is -0.126. The van der Waals surface area contributed by atoms with Gasteiger partial charge in [0.05, 0.1) is 12.9 Å². The van der Waals surface area contributed by atoms with E-state index < -0.39 is 0 Å². The third kappa shape index (κ3) is 4.33. The Morgan fingerprint density at radius 1 is 1.21 bits per heavy atom. The molecule has 1 N–H and O–H groups in total. The number of hydrogen-bond acceptors (Lipinski definition) is 5. The van der Waals surface area contributed by atoms with Gasteiger partial charge in [0.15, 0.2) is 5.76 Å². The highest BCUT2D eigenvalue weighted by atomic mass is 16.5. The highest BCUT2D eigenvalue weighted by molar-refractivity contribution is 5.77. The summed E-state index contributed by atoms with van der Waals surface area (Å²) in [5.41, 5.74) is 2.84. The first kappa shape index (κ1) is 16.0. The molecule has 124 valence electrons. The molecule has 24 heavy (non-hydrogen) atoms. The first-order chi connectivity index (χ1) is 11.7. The van der Waals surface area contributed by atoms with Crippen LogP contribution in [0.3, 0.4) is 0 Å². The van der Waals surface area contributed by atoms with Crippen molar-refractivity contribution >= 4 is 5.91 Å². The molecule has 0 aliphatic rings. The van der Waals surface area contributed by atoms with E-state index in [9.17, 15) is 4.79 Å². The lowest BCUT2D eigenvalue weighted by atomic mass is 10.1. The van der Waals surface area contributed by atoms with E-state index in [1.807, 2.05) is 31.2 Å². The van der Waals surface area contributed by atoms with Crippen LogP contribution in [-0.2, 0) is 22.7 Å². The smallest absolute Gasteiger partial charge is 0.246 e. The maximum absolute atomic E-state index is 11.8. The fraction of sp³-hybridized carbons (Fsp3) is 0.222. The zero-order valence-electron chi connectivity index (χ0n) is 13.3. The Kier molecular flexibility index (Phi) is 5.08. The maximum Gasteiger partial charge on any atom is 0.246 e. The van der Waals surface area contributed by atoms with E-state index in [-0.39, 0.29) is 19.1 Å². The van der Waals surface area contributed by atoms with Crippen LogP contribution in [0.5, 0.6) is 0 Å². The number of rotatable bonds is 7. The van der Waals surface area contributed by atoms with E-state index in [1.165, 1.54) is 5.56 Å². The number of hydrogen-bond donors (Lipinski definition) is 1. The van der Waals surface area contributed by atoms with E-state index in [2.05, 4.69) is 10.5 Å². The summed E-state index contributed by atoms with van der Waals surface area (Å²) in [4.78, 5) is 11.8. The SMILES string of the molecule is Cc1ccc(CNC(=O)COCc2cc(-c3ccco3)on2)cc1. The van der Waals surface area contributed by atoms with Gasteiger partial charge in [-0.1, -0.05) is 35.0 Å². The van der Waals surface area contributed by atoms with Gasteiger partial charge in [0.1, 0.15) is 12.3 Å². The van der Waals surface area contributed by atoms with Crippen LogP contribution in [0, 0.1) is 6.92 Å². The highest BCUT2D eigenvalue weighted by Gasteiger charge is 2.09. The first-order valence-electron chi connectivity index (χ1n) is 7.60. The highest BCUT2D eigenvalue weighted by Crippen LogP contribution is 2.20. The largest absolute Gasteiger partial charge is 0.461 e. The number of furan rings is 1. The fourth-order valence-corrected chi connectivity index (χ4v) is 2.12. The average molecular weight is 326 g/mol. The summed E-state index contributed by atoms with van der Waals surface area (Å²) in [5.74, 6) is 0.956. The molecular formula is C18H18N2O4. The molecule has 0 saturated carbocycles. The van der Waals surface area contributed by atoms with E-state index >= 15 is 0 Å². The fourth-order valence-electron chi connectivity index (χ4n) is 2.12. The molecule has 0 bridgehead atoms. The van der Waals surface area contributed by atoms with Crippen molar-refractivity contribution in [3.63, 3.8) is 0 Å². The zero-order chi connectivity index (χ0) is 16.8. The van der Waals surface area contributed by atoms with Crippen LogP contribution in [0.4, 0.5) is 0 Å². The summed E-state index contributed by atoms with van der Waals surface area (Å²) in [6, 6.07) is 13.3. The standard InChI is InChI=1S/C18H18N2O4/c1-13-4-6-14(7-5-13)10-19-18(21)12-22-11-15-9-17(24-20-15)16-3-2-8-23-16/h2-9H,10-12H2,1H3,(H,19,21). The van der Waals surface area contributed by atoms with Crippen LogP contribution in [0.1, 0.15) is 16.8 Å². The molecule has 0 atom stereocenters. The zero-order valence-corrected chi connectivity index (χ0v) is 13.3. The Balaban J connectivity index is 1.40. The summed E-state index contributed by atoms with van der Waals surface area (Å²) < 4.78 is 15.7. The van der Waals surface area contributed by atoms with Gasteiger partial charge in [-0.2, -0.15) is 0 Å². The summed E-state index contributed by atoms with van der Waals surface area (Å²) >= 11 is 0. The van der Waals surface area contributed by atoms with Crippen LogP contribution >= 0.6 is 0 Å². The number of carbonyl (C=O) groups excluding carboxylic acids is 1. The molecule has 0 fully saturated rings. The van der Waals surface area contributed by atoms with E-state index in [4.69, 9.17) is 13.7 Å². The minimum atomic E-state index is -0.176. The molecule has 0 aliphatic heterocycles. The molecule has 0 aliphatic carbocycles. The molecule has 1 amide bonds. The normalized spacial score (nSPS) is 10.7. The Morgan fingerprint density at radius 2 is 2.04 bits per heavy atom. The maximum atomic E-state index is 11.8. The number of amides is 1. The average Bonchev–Trinajstić information content (AvgIpc) is 3.25. The monoisotopic (exact) mass is 326 g/mol. The second kappa shape index (κ2) is 7.61. The van der Waals surface area contributed by atoms with Crippen LogP contribution in [-0.4, -0.2) is 17.7 Å². The number of nitrogens with zero attached hydrogens (tertiary/aromatic N) is 1. The number of aryl methyl sites for hydroxylation is 1. The second-order valence-corrected chi connectivity index (χ2v) is 5.41. The third-order valence-corrected chi connectivity index (χ3v) is 3.42. The number of nitrogens with one attached hydrogen (secondary N) is 1. The molecule has 6 nitrogen and oxygen atoms in total. The number of ether oxygens (including phenoxy) is 1. The van der Waals surface area contributed by atoms with Gasteiger partial charge in [0.2, 0.25) is 11.7 Å². The van der Waals surface area contributed by atoms with Crippen molar-refractivity contribution in [2.75, 3.05) is 6.61 Å². The van der Waals surface area contributed by atoms with Gasteiger partial charge in [-0.15, -0.1) is 0 Å². The lowest BCUT2D eigenvalue weighted by Crippen LogP contribution is -2.27. The molecule has 3 rings (SSSR count). The predicted molar refractivity (Wildman–Crippen MR) is 86.9 cm³/mol. The van der Waals surface area contributed by atoms with Crippen LogP contribution in [0.2, 0.25) is 0 Å². The molecule has 0 spiro atoms. The Hall–Kier alpha value is -2.86. The van der Waals surface area contributed by atoms with Gasteiger partial charge in [0.25, 0.3) is 0 Å². The third-order valence-electron chi connectivity index (χ3n) is 3.42. The number of carbonyl (C=O) groups is 1. The molecule has 0 radical (unpaired) electrons. The van der Waals surface area contributed by atoms with E-state index in [0.717, 1.165) is 5.56 Å². The molecule has 1 aromatic carbocycles. The summed E-state index contributed by atoms with van der Waals surface area (Å²) in [7, 11) is 0. The molecule has 0 saturated heterocycles. The van der Waals surface area contributed by atoms with Crippen LogP contribution in [0.25, 0.3) is 11.5 Å². The van der Waals surface area contributed by atoms with Crippen molar-refractivity contribution < 1.29 is 18.5 Å². The second-order valence-electron chi connectivity index (χ2n) is 5.41. The molecule has 2 heterocycles. The van der Waals surface area contributed by atoms with Crippen LogP contribution in [0.15, 0.2) is 57.7 Å². The Bertz CT molecular complexity index is 776. The summed E-state index contributed by atoms with van der Waals surface area (Å²) in [6.07, 6.45) is 1.56. The van der Waals surface area contributed by atoms with Gasteiger partial charge in [-0.25, -0.2) is 0 Å². The van der Waals surface area contributed by atoms with Gasteiger partial charge >= 0.3 is 0 Å². The summed E-state index contributed by atoms with van der Waals surface area (Å²) in [5, 5.41) is 6.69. The van der Waals surface area contributed by atoms with Crippen molar-refractivity contribution in [3.8, 4) is 11.5 Å². The Labute approximate surface area is 139 Å². The molecule has 3 aromatic rings. The molecule has 2 aromatic heterocycles. The van der Waals surface area contributed by atoms with Crippen molar-refractivity contribution in [3.05, 3.63) is 65.5 Å². The minimum Gasteiger partial charge on any atom is -0.461 e. The summed E-state index contributed by atoms with van der Waals surface area (Å²) in [6.45, 7) is 2.67. The van der Waals surface area contributed by atoms with Crippen molar-refractivity contribution in [1.29, 1.82) is 0 Å². The van der Waals surface area contributed by atoms with Gasteiger partial charge in [0, 0.05) is 12.6 Å². The topological polar surface area (TPSA) is 77.5 Å². The van der Waals surface area contributed by atoms with Crippen LogP contribution < -0.4 is 5.32 Å². The van der Waals surface area contributed by atoms with Crippen molar-refractivity contribution in [1.82, 2.24) is 10.5 Å². The number of benzene rings is 1. The first-order valence-corrected chi connectivity index (χ1v) is 7.60. The quantitative estimate of drug-likeness (QED) is 0.722. The Morgan fingerprint density at radius 3 is 2.79 bits per heavy atom. The van der Waals surface area contributed by atoms with Crippen molar-refractivity contribution in [2.45, 2.75) is 20.1 Å². The molecule has 6 heteroatoms. The van der Waals surface area contributed by atoms with E-state index in [1.54, 1.807) is 24.5 Å². The van der Waals surface area contributed by atoms with Gasteiger partial charge < -0.3 is 19.0 Å². The van der Waals surface area contributed by atoms with Gasteiger partial charge in [-0.05, 0) is 24.6 Å². The van der Waals surface area contributed by atoms with Crippen molar-refractivity contribution in [2.24, 2.45) is 0 Å². The molecule has 0 unspecified atom stereocenters. The van der Waals surface area contributed by atoms with E-state index in [0.29, 0.717) is 23.8 Å². The number of aromatic nitrogens is 1.